The number of halogens is 1. The first-order chi connectivity index (χ1) is 17.7. The van der Waals surface area contributed by atoms with Gasteiger partial charge in [-0.2, -0.15) is 0 Å². The van der Waals surface area contributed by atoms with Crippen LogP contribution in [-0.2, 0) is 9.53 Å². The summed E-state index contributed by atoms with van der Waals surface area (Å²) in [6.45, 7) is 5.19. The number of thiazole rings is 1. The third-order valence-electron chi connectivity index (χ3n) is 5.16. The number of carbonyl (C=O) groups excluding carboxylic acids is 3. The molecule has 9 nitrogen and oxygen atoms in total. The minimum absolute atomic E-state index is 0.0839. The van der Waals surface area contributed by atoms with Crippen molar-refractivity contribution in [2.24, 2.45) is 0 Å². The van der Waals surface area contributed by atoms with Crippen molar-refractivity contribution < 1.29 is 19.1 Å². The number of aryl methyl sites for hydroxylation is 1. The smallest absolute Gasteiger partial charge is 0.357 e. The Morgan fingerprint density at radius 2 is 1.81 bits per heavy atom. The highest BCUT2D eigenvalue weighted by atomic mass is 35.5. The molecule has 0 atom stereocenters. The summed E-state index contributed by atoms with van der Waals surface area (Å²) < 4.78 is 6.76. The first-order valence-electron chi connectivity index (χ1n) is 11.3. The number of hydrogen-bond acceptors (Lipinski definition) is 6. The topological polar surface area (TPSA) is 114 Å². The van der Waals surface area contributed by atoms with Gasteiger partial charge in [0.05, 0.1) is 18.0 Å². The highest BCUT2D eigenvalue weighted by Crippen LogP contribution is 2.32. The Morgan fingerprint density at radius 1 is 1.05 bits per heavy atom. The molecule has 0 bridgehead atoms. The predicted molar refractivity (Wildman–Crippen MR) is 146 cm³/mol. The zero-order valence-electron chi connectivity index (χ0n) is 20.3. The molecule has 0 fully saturated rings. The van der Waals surface area contributed by atoms with Crippen molar-refractivity contribution in [2.45, 2.75) is 20.8 Å². The molecule has 190 valence electrons. The van der Waals surface area contributed by atoms with E-state index in [0.29, 0.717) is 22.2 Å². The van der Waals surface area contributed by atoms with Gasteiger partial charge in [-0.1, -0.05) is 35.9 Å². The third kappa shape index (κ3) is 6.16. The molecule has 4 aromatic rings. The number of nitrogens with one attached hydrogen (secondary N) is 3. The van der Waals surface area contributed by atoms with Crippen LogP contribution in [0.2, 0.25) is 5.15 Å². The van der Waals surface area contributed by atoms with E-state index in [1.165, 1.54) is 28.9 Å². The quantitative estimate of drug-likeness (QED) is 0.238. The van der Waals surface area contributed by atoms with Crippen LogP contribution < -0.4 is 16.0 Å². The number of anilines is 3. The largest absolute Gasteiger partial charge is 0.461 e. The maximum absolute atomic E-state index is 12.9. The van der Waals surface area contributed by atoms with Crippen LogP contribution in [0.15, 0.2) is 60.0 Å². The van der Waals surface area contributed by atoms with E-state index >= 15 is 0 Å². The Balaban J connectivity index is 1.63. The van der Waals surface area contributed by atoms with Gasteiger partial charge < -0.3 is 20.7 Å². The van der Waals surface area contributed by atoms with Crippen LogP contribution >= 0.6 is 22.9 Å². The number of benzene rings is 2. The summed E-state index contributed by atoms with van der Waals surface area (Å²) in [7, 11) is 0. The minimum Gasteiger partial charge on any atom is -0.461 e. The van der Waals surface area contributed by atoms with Gasteiger partial charge >= 0.3 is 12.0 Å². The molecular formula is C26H24ClN5O4S. The summed E-state index contributed by atoms with van der Waals surface area (Å²) in [6.07, 6.45) is 0. The molecule has 0 spiro atoms. The zero-order chi connectivity index (χ0) is 26.5. The van der Waals surface area contributed by atoms with Crippen LogP contribution in [0.25, 0.3) is 16.9 Å². The van der Waals surface area contributed by atoms with Gasteiger partial charge in [0.25, 0.3) is 0 Å². The molecule has 0 unspecified atom stereocenters. The van der Waals surface area contributed by atoms with Crippen molar-refractivity contribution in [3.8, 4) is 16.9 Å². The van der Waals surface area contributed by atoms with Gasteiger partial charge in [-0.15, -0.1) is 11.3 Å². The molecule has 0 aliphatic heterocycles. The number of carbonyl (C=O) groups is 3. The van der Waals surface area contributed by atoms with Crippen LogP contribution in [0.3, 0.4) is 0 Å². The van der Waals surface area contributed by atoms with Gasteiger partial charge in [-0.3, -0.25) is 9.36 Å². The molecule has 3 amide bonds. The van der Waals surface area contributed by atoms with Crippen molar-refractivity contribution in [1.29, 1.82) is 0 Å². The van der Waals surface area contributed by atoms with Crippen LogP contribution in [-0.4, -0.2) is 34.1 Å². The van der Waals surface area contributed by atoms with E-state index in [2.05, 4.69) is 20.9 Å². The van der Waals surface area contributed by atoms with Gasteiger partial charge in [-0.05, 0) is 43.7 Å². The molecule has 4 rings (SSSR count). The lowest BCUT2D eigenvalue weighted by Gasteiger charge is -2.13. The first kappa shape index (κ1) is 25.9. The van der Waals surface area contributed by atoms with Gasteiger partial charge in [0.2, 0.25) is 5.91 Å². The summed E-state index contributed by atoms with van der Waals surface area (Å²) in [6, 6.07) is 15.5. The van der Waals surface area contributed by atoms with Crippen molar-refractivity contribution >= 4 is 57.4 Å². The summed E-state index contributed by atoms with van der Waals surface area (Å²) in [5.74, 6) is -0.828. The molecule has 2 aromatic carbocycles. The zero-order valence-corrected chi connectivity index (χ0v) is 21.9. The van der Waals surface area contributed by atoms with Crippen molar-refractivity contribution in [1.82, 2.24) is 9.55 Å². The van der Waals surface area contributed by atoms with E-state index in [4.69, 9.17) is 16.3 Å². The Hall–Kier alpha value is -4.15. The van der Waals surface area contributed by atoms with E-state index in [-0.39, 0.29) is 29.0 Å². The average Bonchev–Trinajstić information content (AvgIpc) is 3.42. The van der Waals surface area contributed by atoms with Crippen LogP contribution in [0.1, 0.15) is 29.9 Å². The third-order valence-corrected chi connectivity index (χ3v) is 6.19. The maximum Gasteiger partial charge on any atom is 0.357 e. The normalized spacial score (nSPS) is 10.6. The number of urea groups is 1. The number of esters is 1. The standard InChI is InChI=1S/C26H24ClN5O4S/c1-4-36-24(34)23-20(30-25(35)29-18-7-5-6-15(2)12-18)13-22(27)32(23)19-10-8-17(9-11-19)21-14-37-26(31-21)28-16(3)33/h5-14H,4H2,1-3H3,(H,28,31,33)(H2,29,30,35). The number of aromatic nitrogens is 2. The molecule has 11 heteroatoms. The van der Waals surface area contributed by atoms with Crippen LogP contribution in [0, 0.1) is 6.92 Å². The average molecular weight is 538 g/mol. The minimum atomic E-state index is -0.635. The summed E-state index contributed by atoms with van der Waals surface area (Å²) in [5, 5.41) is 10.7. The van der Waals surface area contributed by atoms with E-state index < -0.39 is 12.0 Å². The van der Waals surface area contributed by atoms with E-state index in [1.807, 2.05) is 42.6 Å². The van der Waals surface area contributed by atoms with Crippen LogP contribution in [0.5, 0.6) is 0 Å². The van der Waals surface area contributed by atoms with Crippen molar-refractivity contribution in [3.63, 3.8) is 0 Å². The Bertz CT molecular complexity index is 1460. The summed E-state index contributed by atoms with van der Waals surface area (Å²) in [4.78, 5) is 41.3. The number of ether oxygens (including phenoxy) is 1. The van der Waals surface area contributed by atoms with Gasteiger partial charge in [-0.25, -0.2) is 14.6 Å². The molecule has 0 aliphatic rings. The second kappa shape index (κ2) is 11.3. The van der Waals surface area contributed by atoms with Gasteiger partial charge in [0.1, 0.15) is 5.15 Å². The monoisotopic (exact) mass is 537 g/mol. The summed E-state index contributed by atoms with van der Waals surface area (Å²) >= 11 is 7.86. The SMILES string of the molecule is CCOC(=O)c1c(NC(=O)Nc2cccc(C)c2)cc(Cl)n1-c1ccc(-c2csc(NC(C)=O)n2)cc1. The summed E-state index contributed by atoms with van der Waals surface area (Å²) in [5.41, 5.74) is 3.98. The fourth-order valence-electron chi connectivity index (χ4n) is 3.63. The predicted octanol–water partition coefficient (Wildman–Crippen LogP) is 6.34. The Kier molecular flexibility index (Phi) is 7.90. The van der Waals surface area contributed by atoms with Crippen molar-refractivity contribution in [3.05, 3.63) is 76.4 Å². The van der Waals surface area contributed by atoms with Gasteiger partial charge in [0, 0.05) is 35.3 Å². The Morgan fingerprint density at radius 3 is 2.49 bits per heavy atom. The number of amides is 3. The lowest BCUT2D eigenvalue weighted by molar-refractivity contribution is -0.114. The Labute approximate surface area is 222 Å². The van der Waals surface area contributed by atoms with Gasteiger partial charge in [0.15, 0.2) is 10.8 Å². The number of nitrogens with zero attached hydrogens (tertiary/aromatic N) is 2. The van der Waals surface area contributed by atoms with E-state index in [0.717, 1.165) is 11.1 Å². The van der Waals surface area contributed by atoms with E-state index in [9.17, 15) is 14.4 Å². The second-order valence-electron chi connectivity index (χ2n) is 8.00. The number of rotatable bonds is 7. The fraction of sp³-hybridized carbons (Fsp3) is 0.154. The highest BCUT2D eigenvalue weighted by Gasteiger charge is 2.24. The maximum atomic E-state index is 12.9. The van der Waals surface area contributed by atoms with Crippen molar-refractivity contribution in [2.75, 3.05) is 22.6 Å². The molecular weight excluding hydrogens is 514 g/mol. The lowest BCUT2D eigenvalue weighted by Crippen LogP contribution is -2.22. The molecule has 0 aliphatic carbocycles. The lowest BCUT2D eigenvalue weighted by atomic mass is 10.1. The molecule has 0 radical (unpaired) electrons. The molecule has 0 saturated heterocycles. The highest BCUT2D eigenvalue weighted by molar-refractivity contribution is 7.14. The van der Waals surface area contributed by atoms with Crippen LogP contribution in [0.4, 0.5) is 21.3 Å². The first-order valence-corrected chi connectivity index (χ1v) is 12.6. The second-order valence-corrected chi connectivity index (χ2v) is 9.25. The number of hydrogen-bond donors (Lipinski definition) is 3. The molecule has 3 N–H and O–H groups in total. The molecule has 2 heterocycles. The molecule has 37 heavy (non-hydrogen) atoms. The fourth-order valence-corrected chi connectivity index (χ4v) is 4.69. The van der Waals surface area contributed by atoms with E-state index in [1.54, 1.807) is 25.1 Å². The molecule has 0 saturated carbocycles. The molecule has 2 aromatic heterocycles.